The molecule has 0 aliphatic carbocycles. The van der Waals surface area contributed by atoms with Crippen LogP contribution in [0.5, 0.6) is 0 Å². The fourth-order valence-electron chi connectivity index (χ4n) is 2.52. The number of rotatable bonds is 6. The predicted molar refractivity (Wildman–Crippen MR) is 102 cm³/mol. The van der Waals surface area contributed by atoms with Crippen LogP contribution < -0.4 is 10.2 Å². The summed E-state index contributed by atoms with van der Waals surface area (Å²) in [6.45, 7) is 0.772. The molecule has 0 spiro atoms. The Morgan fingerprint density at radius 3 is 2.67 bits per heavy atom. The van der Waals surface area contributed by atoms with Crippen molar-refractivity contribution >= 4 is 57.9 Å². The molecule has 3 rings (SSSR count). The van der Waals surface area contributed by atoms with Crippen LogP contribution in [-0.2, 0) is 15.3 Å². The van der Waals surface area contributed by atoms with Crippen LogP contribution in [0.4, 0.5) is 11.4 Å². The number of carbonyl (C=O) groups is 2. The predicted octanol–water partition coefficient (Wildman–Crippen LogP) is 4.40. The zero-order valence-corrected chi connectivity index (χ0v) is 15.3. The van der Waals surface area contributed by atoms with Gasteiger partial charge in [-0.05, 0) is 42.8 Å². The smallest absolute Gasteiger partial charge is 0.234 e. The van der Waals surface area contributed by atoms with E-state index in [1.807, 2.05) is 36.4 Å². The second-order valence-electron chi connectivity index (χ2n) is 5.44. The van der Waals surface area contributed by atoms with E-state index in [0.29, 0.717) is 12.2 Å². The Balaban J connectivity index is 1.46. The van der Waals surface area contributed by atoms with Gasteiger partial charge in [-0.15, -0.1) is 23.1 Å². The lowest BCUT2D eigenvalue weighted by Crippen LogP contribution is -2.23. The molecule has 0 radical (unpaired) electrons. The zero-order valence-electron chi connectivity index (χ0n) is 13.0. The average Bonchev–Trinajstić information content (AvgIpc) is 3.17. The van der Waals surface area contributed by atoms with E-state index in [-0.39, 0.29) is 11.8 Å². The Bertz CT molecular complexity index is 730. The fraction of sp³-hybridized carbons (Fsp3) is 0.294. The average molecular weight is 381 g/mol. The third kappa shape index (κ3) is 4.53. The fourth-order valence-corrected chi connectivity index (χ4v) is 4.54. The number of thiophene rings is 1. The van der Waals surface area contributed by atoms with Crippen molar-refractivity contribution < 1.29 is 9.59 Å². The molecule has 2 aromatic rings. The highest BCUT2D eigenvalue weighted by Crippen LogP contribution is 2.26. The Kier molecular flexibility index (Phi) is 5.81. The molecular formula is C17H17ClN2O2S2. The van der Waals surface area contributed by atoms with Gasteiger partial charge in [0, 0.05) is 35.0 Å². The van der Waals surface area contributed by atoms with Crippen molar-refractivity contribution in [2.24, 2.45) is 0 Å². The van der Waals surface area contributed by atoms with Crippen molar-refractivity contribution in [3.05, 3.63) is 45.6 Å². The first-order valence-electron chi connectivity index (χ1n) is 7.64. The van der Waals surface area contributed by atoms with Gasteiger partial charge in [-0.2, -0.15) is 0 Å². The van der Waals surface area contributed by atoms with Gasteiger partial charge in [-0.3, -0.25) is 9.59 Å². The molecule has 7 heteroatoms. The molecule has 1 saturated heterocycles. The largest absolute Gasteiger partial charge is 0.325 e. The molecule has 2 amide bonds. The van der Waals surface area contributed by atoms with Gasteiger partial charge < -0.3 is 10.2 Å². The van der Waals surface area contributed by atoms with Crippen LogP contribution >= 0.6 is 34.7 Å². The van der Waals surface area contributed by atoms with E-state index in [0.717, 1.165) is 39.3 Å². The second-order valence-corrected chi connectivity index (χ2v) is 8.23. The van der Waals surface area contributed by atoms with Crippen molar-refractivity contribution in [2.75, 3.05) is 22.5 Å². The summed E-state index contributed by atoms with van der Waals surface area (Å²) in [5.74, 6) is 1.30. The summed E-state index contributed by atoms with van der Waals surface area (Å²) >= 11 is 8.98. The van der Waals surface area contributed by atoms with Gasteiger partial charge in [0.2, 0.25) is 11.8 Å². The van der Waals surface area contributed by atoms with Crippen molar-refractivity contribution in [1.82, 2.24) is 0 Å². The molecule has 1 aliphatic rings. The lowest BCUT2D eigenvalue weighted by Gasteiger charge is -2.16. The number of amides is 2. The van der Waals surface area contributed by atoms with Crippen LogP contribution in [0.25, 0.3) is 0 Å². The molecule has 2 heterocycles. The van der Waals surface area contributed by atoms with E-state index >= 15 is 0 Å². The number of carbonyl (C=O) groups excluding carboxylic acids is 2. The van der Waals surface area contributed by atoms with Crippen LogP contribution in [0.15, 0.2) is 36.4 Å². The second kappa shape index (κ2) is 8.05. The van der Waals surface area contributed by atoms with Crippen LogP contribution in [0, 0.1) is 0 Å². The van der Waals surface area contributed by atoms with Gasteiger partial charge in [-0.25, -0.2) is 0 Å². The number of thioether (sulfide) groups is 1. The van der Waals surface area contributed by atoms with E-state index < -0.39 is 0 Å². The number of nitrogens with zero attached hydrogens (tertiary/aromatic N) is 1. The highest BCUT2D eigenvalue weighted by Gasteiger charge is 2.21. The lowest BCUT2D eigenvalue weighted by atomic mass is 10.2. The summed E-state index contributed by atoms with van der Waals surface area (Å²) in [4.78, 5) is 26.7. The quantitative estimate of drug-likeness (QED) is 0.807. The molecular weight excluding hydrogens is 364 g/mol. The maximum atomic E-state index is 12.0. The molecule has 1 aliphatic heterocycles. The monoisotopic (exact) mass is 380 g/mol. The van der Waals surface area contributed by atoms with E-state index in [4.69, 9.17) is 11.6 Å². The minimum absolute atomic E-state index is 0.0346. The minimum atomic E-state index is -0.0346. The Labute approximate surface area is 154 Å². The SMILES string of the molecule is O=C(CSCc1ccc(Cl)s1)Nc1ccc(N2CCCC2=O)cc1. The Morgan fingerprint density at radius 2 is 2.04 bits per heavy atom. The molecule has 0 atom stereocenters. The zero-order chi connectivity index (χ0) is 16.9. The summed E-state index contributed by atoms with van der Waals surface area (Å²) in [5, 5.41) is 2.88. The highest BCUT2D eigenvalue weighted by atomic mass is 35.5. The van der Waals surface area contributed by atoms with Crippen LogP contribution in [0.1, 0.15) is 17.7 Å². The van der Waals surface area contributed by atoms with E-state index in [2.05, 4.69) is 5.32 Å². The van der Waals surface area contributed by atoms with Gasteiger partial charge in [0.1, 0.15) is 0 Å². The standard InChI is InChI=1S/C17H17ClN2O2S2/c18-15-8-7-14(24-15)10-23-11-16(21)19-12-3-5-13(6-4-12)20-9-1-2-17(20)22/h3-8H,1-2,9-11H2,(H,19,21). The summed E-state index contributed by atoms with van der Waals surface area (Å²) in [6.07, 6.45) is 1.52. The number of nitrogens with one attached hydrogen (secondary N) is 1. The minimum Gasteiger partial charge on any atom is -0.325 e. The Morgan fingerprint density at radius 1 is 1.25 bits per heavy atom. The van der Waals surface area contributed by atoms with Gasteiger partial charge in [0.25, 0.3) is 0 Å². The molecule has 0 unspecified atom stereocenters. The number of benzene rings is 1. The molecule has 0 bridgehead atoms. The first kappa shape index (κ1) is 17.3. The van der Waals surface area contributed by atoms with Gasteiger partial charge in [0.05, 0.1) is 10.1 Å². The van der Waals surface area contributed by atoms with Crippen LogP contribution in [0.3, 0.4) is 0 Å². The van der Waals surface area contributed by atoms with Gasteiger partial charge >= 0.3 is 0 Å². The van der Waals surface area contributed by atoms with Crippen LogP contribution in [0.2, 0.25) is 4.34 Å². The molecule has 1 aromatic carbocycles. The van der Waals surface area contributed by atoms with Gasteiger partial charge in [-0.1, -0.05) is 11.6 Å². The molecule has 1 N–H and O–H groups in total. The highest BCUT2D eigenvalue weighted by molar-refractivity contribution is 7.99. The number of anilines is 2. The number of hydrogen-bond donors (Lipinski definition) is 1. The summed E-state index contributed by atoms with van der Waals surface area (Å²) in [5.41, 5.74) is 1.63. The Hall–Kier alpha value is -1.50. The maximum Gasteiger partial charge on any atom is 0.234 e. The molecule has 126 valence electrons. The van der Waals surface area contributed by atoms with Crippen LogP contribution in [-0.4, -0.2) is 24.1 Å². The molecule has 0 saturated carbocycles. The lowest BCUT2D eigenvalue weighted by molar-refractivity contribution is -0.117. The molecule has 1 aromatic heterocycles. The number of hydrogen-bond acceptors (Lipinski definition) is 4. The van der Waals surface area contributed by atoms with Gasteiger partial charge in [0.15, 0.2) is 0 Å². The van der Waals surface area contributed by atoms with Crippen molar-refractivity contribution in [2.45, 2.75) is 18.6 Å². The first-order chi connectivity index (χ1) is 11.6. The van der Waals surface area contributed by atoms with Crippen molar-refractivity contribution in [3.63, 3.8) is 0 Å². The third-order valence-electron chi connectivity index (χ3n) is 3.64. The molecule has 1 fully saturated rings. The third-order valence-corrected chi connectivity index (χ3v) is 6.04. The maximum absolute atomic E-state index is 12.0. The number of halogens is 1. The topological polar surface area (TPSA) is 49.4 Å². The van der Waals surface area contributed by atoms with Crippen molar-refractivity contribution in [3.8, 4) is 0 Å². The molecule has 24 heavy (non-hydrogen) atoms. The normalized spacial score (nSPS) is 14.2. The summed E-state index contributed by atoms with van der Waals surface area (Å²) in [7, 11) is 0. The summed E-state index contributed by atoms with van der Waals surface area (Å²) < 4.78 is 0.770. The van der Waals surface area contributed by atoms with E-state index in [9.17, 15) is 9.59 Å². The van der Waals surface area contributed by atoms with E-state index in [1.165, 1.54) is 11.3 Å². The van der Waals surface area contributed by atoms with Crippen molar-refractivity contribution in [1.29, 1.82) is 0 Å². The first-order valence-corrected chi connectivity index (χ1v) is 9.99. The van der Waals surface area contributed by atoms with E-state index in [1.54, 1.807) is 16.7 Å². The summed E-state index contributed by atoms with van der Waals surface area (Å²) in [6, 6.07) is 11.3. The molecule has 4 nitrogen and oxygen atoms in total.